The molecule has 1 aromatic heterocycles. The standard InChI is InChI=1S/C14H23BrN2O2S2/c1-11(2)16-10-12-9-13(14(15)20-12)21(18,19)17-7-5-3-4-6-8-17/h9,11,16H,3-8,10H2,1-2H3. The lowest BCUT2D eigenvalue weighted by atomic mass is 10.2. The largest absolute Gasteiger partial charge is 0.310 e. The summed E-state index contributed by atoms with van der Waals surface area (Å²) >= 11 is 4.93. The van der Waals surface area contributed by atoms with Crippen molar-refractivity contribution < 1.29 is 8.42 Å². The van der Waals surface area contributed by atoms with Crippen LogP contribution in [0.4, 0.5) is 0 Å². The van der Waals surface area contributed by atoms with Crippen LogP contribution in [0.2, 0.25) is 0 Å². The minimum Gasteiger partial charge on any atom is -0.310 e. The van der Waals surface area contributed by atoms with E-state index in [1.165, 1.54) is 11.3 Å². The average Bonchev–Trinajstić information content (AvgIpc) is 2.64. The van der Waals surface area contributed by atoms with E-state index in [4.69, 9.17) is 0 Å². The highest BCUT2D eigenvalue weighted by molar-refractivity contribution is 9.11. The van der Waals surface area contributed by atoms with Crippen LogP contribution in [0, 0.1) is 0 Å². The van der Waals surface area contributed by atoms with Crippen molar-refractivity contribution in [2.45, 2.75) is 57.0 Å². The number of rotatable bonds is 5. The first-order valence-electron chi connectivity index (χ1n) is 7.43. The number of halogens is 1. The Morgan fingerprint density at radius 3 is 2.48 bits per heavy atom. The van der Waals surface area contributed by atoms with Gasteiger partial charge in [0.2, 0.25) is 10.0 Å². The number of nitrogens with zero attached hydrogens (tertiary/aromatic N) is 1. The molecular formula is C14H23BrN2O2S2. The third-order valence-electron chi connectivity index (χ3n) is 3.57. The van der Waals surface area contributed by atoms with E-state index in [1.807, 2.05) is 6.07 Å². The highest BCUT2D eigenvalue weighted by Gasteiger charge is 2.28. The molecule has 2 heterocycles. The molecule has 0 spiro atoms. The molecule has 1 saturated heterocycles. The van der Waals surface area contributed by atoms with Gasteiger partial charge in [-0.2, -0.15) is 4.31 Å². The lowest BCUT2D eigenvalue weighted by molar-refractivity contribution is 0.423. The molecule has 1 fully saturated rings. The summed E-state index contributed by atoms with van der Waals surface area (Å²) in [5, 5.41) is 3.32. The Balaban J connectivity index is 2.19. The maximum absolute atomic E-state index is 12.8. The molecule has 1 aliphatic rings. The highest BCUT2D eigenvalue weighted by atomic mass is 79.9. The van der Waals surface area contributed by atoms with Crippen LogP contribution in [0.5, 0.6) is 0 Å². The molecule has 0 radical (unpaired) electrons. The third kappa shape index (κ3) is 4.51. The van der Waals surface area contributed by atoms with Crippen LogP contribution in [-0.4, -0.2) is 31.9 Å². The van der Waals surface area contributed by atoms with Crippen molar-refractivity contribution in [3.63, 3.8) is 0 Å². The quantitative estimate of drug-likeness (QED) is 0.829. The van der Waals surface area contributed by atoms with E-state index in [-0.39, 0.29) is 0 Å². The summed E-state index contributed by atoms with van der Waals surface area (Å²) in [6.07, 6.45) is 4.17. The molecule has 0 aromatic carbocycles. The van der Waals surface area contributed by atoms with Gasteiger partial charge in [0.1, 0.15) is 4.90 Å². The zero-order valence-electron chi connectivity index (χ0n) is 12.6. The maximum Gasteiger partial charge on any atom is 0.245 e. The first-order valence-corrected chi connectivity index (χ1v) is 10.5. The zero-order chi connectivity index (χ0) is 15.5. The van der Waals surface area contributed by atoms with Gasteiger partial charge in [0, 0.05) is 30.6 Å². The van der Waals surface area contributed by atoms with Crippen molar-refractivity contribution in [1.82, 2.24) is 9.62 Å². The predicted octanol–water partition coefficient (Wildman–Crippen LogP) is 3.57. The van der Waals surface area contributed by atoms with Gasteiger partial charge in [0.05, 0.1) is 3.79 Å². The van der Waals surface area contributed by atoms with Crippen molar-refractivity contribution in [3.05, 3.63) is 14.7 Å². The first kappa shape index (κ1) is 17.4. The Kier molecular flexibility index (Phi) is 6.25. The van der Waals surface area contributed by atoms with Gasteiger partial charge < -0.3 is 5.32 Å². The lowest BCUT2D eigenvalue weighted by Gasteiger charge is -2.19. The molecule has 0 unspecified atom stereocenters. The molecule has 120 valence electrons. The van der Waals surface area contributed by atoms with Crippen LogP contribution in [0.25, 0.3) is 0 Å². The molecule has 1 aliphatic heterocycles. The van der Waals surface area contributed by atoms with Crippen LogP contribution in [0.1, 0.15) is 44.4 Å². The Morgan fingerprint density at radius 1 is 1.29 bits per heavy atom. The summed E-state index contributed by atoms with van der Waals surface area (Å²) in [6.45, 7) is 6.15. The van der Waals surface area contributed by atoms with Crippen LogP contribution in [0.3, 0.4) is 0 Å². The van der Waals surface area contributed by atoms with E-state index in [0.717, 1.165) is 30.6 Å². The van der Waals surface area contributed by atoms with Crippen molar-refractivity contribution in [3.8, 4) is 0 Å². The molecule has 7 heteroatoms. The molecule has 0 saturated carbocycles. The summed E-state index contributed by atoms with van der Waals surface area (Å²) in [5.41, 5.74) is 0. The van der Waals surface area contributed by atoms with Crippen LogP contribution >= 0.6 is 27.3 Å². The minimum absolute atomic E-state index is 0.386. The van der Waals surface area contributed by atoms with Gasteiger partial charge in [-0.25, -0.2) is 8.42 Å². The minimum atomic E-state index is -3.36. The fourth-order valence-corrected chi connectivity index (χ4v) is 6.49. The summed E-state index contributed by atoms with van der Waals surface area (Å²) in [4.78, 5) is 1.47. The molecule has 0 aliphatic carbocycles. The third-order valence-corrected chi connectivity index (χ3v) is 7.72. The second-order valence-electron chi connectivity index (χ2n) is 5.70. The van der Waals surface area contributed by atoms with Gasteiger partial charge in [-0.3, -0.25) is 0 Å². The van der Waals surface area contributed by atoms with Gasteiger partial charge in [-0.1, -0.05) is 26.7 Å². The Labute approximate surface area is 140 Å². The highest BCUT2D eigenvalue weighted by Crippen LogP contribution is 2.34. The molecule has 21 heavy (non-hydrogen) atoms. The Hall–Kier alpha value is 0.0500. The van der Waals surface area contributed by atoms with E-state index < -0.39 is 10.0 Å². The number of thiophene rings is 1. The maximum atomic E-state index is 12.8. The average molecular weight is 395 g/mol. The normalized spacial score (nSPS) is 18.1. The summed E-state index contributed by atoms with van der Waals surface area (Å²) in [5.74, 6) is 0. The lowest BCUT2D eigenvalue weighted by Crippen LogP contribution is -2.31. The molecule has 1 aromatic rings. The topological polar surface area (TPSA) is 49.4 Å². The predicted molar refractivity (Wildman–Crippen MR) is 91.2 cm³/mol. The van der Waals surface area contributed by atoms with E-state index in [9.17, 15) is 8.42 Å². The summed E-state index contributed by atoms with van der Waals surface area (Å²) in [6, 6.07) is 2.20. The van der Waals surface area contributed by atoms with E-state index in [2.05, 4.69) is 35.1 Å². The van der Waals surface area contributed by atoms with E-state index >= 15 is 0 Å². The van der Waals surface area contributed by atoms with Gasteiger partial charge in [-0.05, 0) is 34.8 Å². The SMILES string of the molecule is CC(C)NCc1cc(S(=O)(=O)N2CCCCCC2)c(Br)s1. The molecule has 0 atom stereocenters. The molecule has 0 amide bonds. The molecule has 4 nitrogen and oxygen atoms in total. The molecular weight excluding hydrogens is 372 g/mol. The van der Waals surface area contributed by atoms with Gasteiger partial charge in [-0.15, -0.1) is 11.3 Å². The Bertz CT molecular complexity index is 562. The van der Waals surface area contributed by atoms with Crippen molar-refractivity contribution >= 4 is 37.3 Å². The van der Waals surface area contributed by atoms with Gasteiger partial charge in [0.15, 0.2) is 0 Å². The second-order valence-corrected chi connectivity index (χ2v) is 10.1. The van der Waals surface area contributed by atoms with Crippen molar-refractivity contribution in [1.29, 1.82) is 0 Å². The van der Waals surface area contributed by atoms with Crippen LogP contribution in [-0.2, 0) is 16.6 Å². The van der Waals surface area contributed by atoms with E-state index in [0.29, 0.717) is 34.4 Å². The molecule has 2 rings (SSSR count). The first-order chi connectivity index (χ1) is 9.91. The van der Waals surface area contributed by atoms with Crippen molar-refractivity contribution in [2.75, 3.05) is 13.1 Å². The number of sulfonamides is 1. The number of hydrogen-bond donors (Lipinski definition) is 1. The fourth-order valence-electron chi connectivity index (χ4n) is 2.39. The van der Waals surface area contributed by atoms with Crippen LogP contribution < -0.4 is 5.32 Å². The monoisotopic (exact) mass is 394 g/mol. The van der Waals surface area contributed by atoms with Gasteiger partial charge in [0.25, 0.3) is 0 Å². The summed E-state index contributed by atoms with van der Waals surface area (Å²) < 4.78 is 27.9. The number of hydrogen-bond acceptors (Lipinski definition) is 4. The molecule has 0 bridgehead atoms. The second kappa shape index (κ2) is 7.55. The zero-order valence-corrected chi connectivity index (χ0v) is 15.8. The smallest absolute Gasteiger partial charge is 0.245 e. The molecule has 1 N–H and O–H groups in total. The van der Waals surface area contributed by atoms with Crippen LogP contribution in [0.15, 0.2) is 14.7 Å². The number of nitrogens with one attached hydrogen (secondary N) is 1. The fraction of sp³-hybridized carbons (Fsp3) is 0.714. The van der Waals surface area contributed by atoms with Crippen molar-refractivity contribution in [2.24, 2.45) is 0 Å². The summed E-state index contributed by atoms with van der Waals surface area (Å²) in [7, 11) is -3.36. The van der Waals surface area contributed by atoms with E-state index in [1.54, 1.807) is 4.31 Å². The Morgan fingerprint density at radius 2 is 1.90 bits per heavy atom. The van der Waals surface area contributed by atoms with Gasteiger partial charge >= 0.3 is 0 Å².